The Labute approximate surface area is 108 Å². The van der Waals surface area contributed by atoms with E-state index in [1.165, 1.54) is 6.07 Å². The average molecular weight is 271 g/mol. The van der Waals surface area contributed by atoms with Crippen molar-refractivity contribution >= 4 is 28.9 Å². The van der Waals surface area contributed by atoms with Crippen molar-refractivity contribution in [1.29, 1.82) is 0 Å². The molecule has 1 aromatic carbocycles. The maximum atomic E-state index is 13.6. The van der Waals surface area contributed by atoms with E-state index in [1.807, 2.05) is 0 Å². The van der Waals surface area contributed by atoms with Crippen molar-refractivity contribution in [2.24, 2.45) is 0 Å². The van der Waals surface area contributed by atoms with Crippen LogP contribution >= 0.6 is 23.2 Å². The molecule has 0 amide bonds. The molecule has 0 aliphatic carbocycles. The standard InChI is InChI=1S/C12H9Cl2FN2/c13-10-3-1-2-8(12(10)15)7-17-9-4-5-16-11(14)6-9/h1-6H,7H2,(H,16,17). The zero-order valence-electron chi connectivity index (χ0n) is 8.75. The van der Waals surface area contributed by atoms with Crippen LogP contribution in [0.5, 0.6) is 0 Å². The first kappa shape index (κ1) is 12.1. The summed E-state index contributed by atoms with van der Waals surface area (Å²) in [6.45, 7) is 0.340. The van der Waals surface area contributed by atoms with Gasteiger partial charge in [0.15, 0.2) is 0 Å². The summed E-state index contributed by atoms with van der Waals surface area (Å²) >= 11 is 11.4. The van der Waals surface area contributed by atoms with Crippen LogP contribution in [0.4, 0.5) is 10.1 Å². The molecular weight excluding hydrogens is 262 g/mol. The number of hydrogen-bond donors (Lipinski definition) is 1. The lowest BCUT2D eigenvalue weighted by molar-refractivity contribution is 0.613. The molecule has 2 nitrogen and oxygen atoms in total. The molecule has 2 rings (SSSR count). The van der Waals surface area contributed by atoms with Gasteiger partial charge in [0, 0.05) is 24.0 Å². The first-order chi connectivity index (χ1) is 8.16. The summed E-state index contributed by atoms with van der Waals surface area (Å²) in [5, 5.41) is 3.56. The fourth-order valence-electron chi connectivity index (χ4n) is 1.39. The third-order valence-electron chi connectivity index (χ3n) is 2.24. The van der Waals surface area contributed by atoms with Crippen molar-refractivity contribution in [3.63, 3.8) is 0 Å². The van der Waals surface area contributed by atoms with Gasteiger partial charge in [-0.1, -0.05) is 35.3 Å². The third-order valence-corrected chi connectivity index (χ3v) is 2.74. The molecule has 88 valence electrons. The van der Waals surface area contributed by atoms with Gasteiger partial charge in [-0.25, -0.2) is 9.37 Å². The number of nitrogens with zero attached hydrogens (tertiary/aromatic N) is 1. The summed E-state index contributed by atoms with van der Waals surface area (Å²) in [4.78, 5) is 3.86. The molecule has 1 aromatic heterocycles. The Balaban J connectivity index is 2.10. The Morgan fingerprint density at radius 3 is 2.82 bits per heavy atom. The van der Waals surface area contributed by atoms with Crippen LogP contribution in [-0.2, 0) is 6.54 Å². The topological polar surface area (TPSA) is 24.9 Å². The van der Waals surface area contributed by atoms with Crippen molar-refractivity contribution in [3.05, 3.63) is 58.1 Å². The van der Waals surface area contributed by atoms with Crippen LogP contribution in [0.25, 0.3) is 0 Å². The van der Waals surface area contributed by atoms with E-state index in [2.05, 4.69) is 10.3 Å². The summed E-state index contributed by atoms with van der Waals surface area (Å²) < 4.78 is 13.6. The van der Waals surface area contributed by atoms with Gasteiger partial charge in [0.2, 0.25) is 0 Å². The van der Waals surface area contributed by atoms with E-state index in [1.54, 1.807) is 30.5 Å². The number of halogens is 3. The van der Waals surface area contributed by atoms with Crippen LogP contribution in [0.2, 0.25) is 10.2 Å². The lowest BCUT2D eigenvalue weighted by Crippen LogP contribution is -2.02. The monoisotopic (exact) mass is 270 g/mol. The Kier molecular flexibility index (Phi) is 3.82. The molecule has 0 bridgehead atoms. The second-order valence-electron chi connectivity index (χ2n) is 3.43. The molecule has 5 heteroatoms. The van der Waals surface area contributed by atoms with Gasteiger partial charge >= 0.3 is 0 Å². The minimum atomic E-state index is -0.401. The van der Waals surface area contributed by atoms with Gasteiger partial charge < -0.3 is 5.32 Å². The van der Waals surface area contributed by atoms with Gasteiger partial charge in [-0.2, -0.15) is 0 Å². The average Bonchev–Trinajstić information content (AvgIpc) is 2.31. The Morgan fingerprint density at radius 2 is 2.06 bits per heavy atom. The summed E-state index contributed by atoms with van der Waals surface area (Å²) in [5.74, 6) is -0.401. The molecule has 1 heterocycles. The number of anilines is 1. The lowest BCUT2D eigenvalue weighted by atomic mass is 10.2. The highest BCUT2D eigenvalue weighted by Gasteiger charge is 2.05. The highest BCUT2D eigenvalue weighted by Crippen LogP contribution is 2.19. The second-order valence-corrected chi connectivity index (χ2v) is 4.23. The SMILES string of the molecule is Fc1c(Cl)cccc1CNc1ccnc(Cl)c1. The van der Waals surface area contributed by atoms with Gasteiger partial charge in [-0.3, -0.25) is 0 Å². The van der Waals surface area contributed by atoms with Gasteiger partial charge in [0.25, 0.3) is 0 Å². The molecular formula is C12H9Cl2FN2. The summed E-state index contributed by atoms with van der Waals surface area (Å²) in [6.07, 6.45) is 1.58. The summed E-state index contributed by atoms with van der Waals surface area (Å²) in [6, 6.07) is 8.33. The molecule has 0 atom stereocenters. The first-order valence-electron chi connectivity index (χ1n) is 4.95. The van der Waals surface area contributed by atoms with Crippen molar-refractivity contribution < 1.29 is 4.39 Å². The molecule has 17 heavy (non-hydrogen) atoms. The van der Waals surface area contributed by atoms with Crippen LogP contribution in [0, 0.1) is 5.82 Å². The van der Waals surface area contributed by atoms with Crippen LogP contribution in [0.3, 0.4) is 0 Å². The van der Waals surface area contributed by atoms with E-state index >= 15 is 0 Å². The number of rotatable bonds is 3. The van der Waals surface area contributed by atoms with Crippen molar-refractivity contribution in [1.82, 2.24) is 4.98 Å². The molecule has 0 saturated carbocycles. The third kappa shape index (κ3) is 3.08. The lowest BCUT2D eigenvalue weighted by Gasteiger charge is -2.08. The van der Waals surface area contributed by atoms with Crippen LogP contribution in [0.1, 0.15) is 5.56 Å². The van der Waals surface area contributed by atoms with Crippen molar-refractivity contribution in [3.8, 4) is 0 Å². The summed E-state index contributed by atoms with van der Waals surface area (Å²) in [7, 11) is 0. The molecule has 0 unspecified atom stereocenters. The van der Waals surface area contributed by atoms with E-state index in [4.69, 9.17) is 23.2 Å². The minimum Gasteiger partial charge on any atom is -0.381 e. The highest BCUT2D eigenvalue weighted by molar-refractivity contribution is 6.30. The van der Waals surface area contributed by atoms with E-state index in [-0.39, 0.29) is 5.02 Å². The van der Waals surface area contributed by atoms with Crippen molar-refractivity contribution in [2.45, 2.75) is 6.54 Å². The smallest absolute Gasteiger partial charge is 0.146 e. The molecule has 1 N–H and O–H groups in total. The van der Waals surface area contributed by atoms with E-state index in [9.17, 15) is 4.39 Å². The highest BCUT2D eigenvalue weighted by atomic mass is 35.5. The predicted molar refractivity (Wildman–Crippen MR) is 68.0 cm³/mol. The zero-order chi connectivity index (χ0) is 12.3. The number of pyridine rings is 1. The maximum Gasteiger partial charge on any atom is 0.146 e. The van der Waals surface area contributed by atoms with E-state index in [0.717, 1.165) is 5.69 Å². The molecule has 0 spiro atoms. The van der Waals surface area contributed by atoms with E-state index in [0.29, 0.717) is 17.3 Å². The van der Waals surface area contributed by atoms with Gasteiger partial charge in [0.05, 0.1) is 5.02 Å². The zero-order valence-corrected chi connectivity index (χ0v) is 10.3. The first-order valence-corrected chi connectivity index (χ1v) is 5.71. The largest absolute Gasteiger partial charge is 0.381 e. The number of hydrogen-bond acceptors (Lipinski definition) is 2. The number of aromatic nitrogens is 1. The maximum absolute atomic E-state index is 13.6. The quantitative estimate of drug-likeness (QED) is 0.848. The predicted octanol–water partition coefficient (Wildman–Crippen LogP) is 4.14. The molecule has 2 aromatic rings. The molecule has 0 fully saturated rings. The van der Waals surface area contributed by atoms with Crippen LogP contribution in [-0.4, -0.2) is 4.98 Å². The van der Waals surface area contributed by atoms with Gasteiger partial charge in [-0.05, 0) is 18.2 Å². The fraction of sp³-hybridized carbons (Fsp3) is 0.0833. The number of benzene rings is 1. The van der Waals surface area contributed by atoms with Gasteiger partial charge in [-0.15, -0.1) is 0 Å². The van der Waals surface area contributed by atoms with Crippen molar-refractivity contribution in [2.75, 3.05) is 5.32 Å². The van der Waals surface area contributed by atoms with Crippen LogP contribution in [0.15, 0.2) is 36.5 Å². The van der Waals surface area contributed by atoms with Gasteiger partial charge in [0.1, 0.15) is 11.0 Å². The molecule has 0 saturated heterocycles. The molecule has 0 aliphatic rings. The van der Waals surface area contributed by atoms with Crippen LogP contribution < -0.4 is 5.32 Å². The molecule has 0 radical (unpaired) electrons. The fourth-order valence-corrected chi connectivity index (χ4v) is 1.76. The number of nitrogens with one attached hydrogen (secondary N) is 1. The minimum absolute atomic E-state index is 0.122. The normalized spacial score (nSPS) is 10.3. The summed E-state index contributed by atoms with van der Waals surface area (Å²) in [5.41, 5.74) is 1.29. The molecule has 0 aliphatic heterocycles. The Bertz CT molecular complexity index is 532. The van der Waals surface area contributed by atoms with E-state index < -0.39 is 5.82 Å². The Hall–Kier alpha value is -1.32. The second kappa shape index (κ2) is 5.34. The Morgan fingerprint density at radius 1 is 1.24 bits per heavy atom.